The summed E-state index contributed by atoms with van der Waals surface area (Å²) in [4.78, 5) is 4.90. The van der Waals surface area contributed by atoms with Gasteiger partial charge in [0.05, 0.1) is 18.2 Å². The number of oxazole rings is 1. The summed E-state index contributed by atoms with van der Waals surface area (Å²) in [5.41, 5.74) is 4.07. The fourth-order valence-corrected chi connectivity index (χ4v) is 4.25. The first-order chi connectivity index (χ1) is 14.1. The topological polar surface area (TPSA) is 43.9 Å². The van der Waals surface area contributed by atoms with Crippen LogP contribution in [0.5, 0.6) is 0 Å². The zero-order valence-corrected chi connectivity index (χ0v) is 17.8. The number of benzene rings is 2. The Labute approximate surface area is 178 Å². The van der Waals surface area contributed by atoms with Crippen molar-refractivity contribution in [2.75, 3.05) is 0 Å². The monoisotopic (exact) mass is 447 g/mol. The van der Waals surface area contributed by atoms with Crippen molar-refractivity contribution < 1.29 is 4.42 Å². The second kappa shape index (κ2) is 7.30. The lowest BCUT2D eigenvalue weighted by Gasteiger charge is -2.26. The molecule has 1 aliphatic rings. The Morgan fingerprint density at radius 2 is 1.86 bits per heavy atom. The van der Waals surface area contributed by atoms with Gasteiger partial charge in [0.25, 0.3) is 0 Å². The number of nitrogens with zero attached hydrogens (tertiary/aromatic N) is 3. The van der Waals surface area contributed by atoms with Crippen LogP contribution in [0, 0.1) is 5.92 Å². The van der Waals surface area contributed by atoms with Crippen molar-refractivity contribution in [3.8, 4) is 11.3 Å². The molecule has 4 nitrogen and oxygen atoms in total. The molecular formula is C24H22BrN3O. The average Bonchev–Trinajstić information content (AvgIpc) is 3.30. The van der Waals surface area contributed by atoms with E-state index >= 15 is 0 Å². The summed E-state index contributed by atoms with van der Waals surface area (Å²) in [6.45, 7) is 2.99. The normalized spacial score (nSPS) is 15.9. The van der Waals surface area contributed by atoms with Crippen molar-refractivity contribution in [3.63, 3.8) is 0 Å². The predicted molar refractivity (Wildman–Crippen MR) is 117 cm³/mol. The van der Waals surface area contributed by atoms with Crippen LogP contribution in [0.15, 0.2) is 82.1 Å². The molecule has 1 saturated carbocycles. The predicted octanol–water partition coefficient (Wildman–Crippen LogP) is 6.06. The summed E-state index contributed by atoms with van der Waals surface area (Å²) in [6, 6.07) is 18.9. The molecule has 2 heterocycles. The fraction of sp³-hybridized carbons (Fsp3) is 0.250. The zero-order chi connectivity index (χ0) is 19.8. The molecule has 0 aliphatic heterocycles. The summed E-state index contributed by atoms with van der Waals surface area (Å²) < 4.78 is 9.06. The molecule has 1 unspecified atom stereocenters. The minimum Gasteiger partial charge on any atom is -0.447 e. The van der Waals surface area contributed by atoms with Gasteiger partial charge < -0.3 is 4.42 Å². The van der Waals surface area contributed by atoms with Crippen LogP contribution in [0.4, 0.5) is 0 Å². The van der Waals surface area contributed by atoms with Crippen LogP contribution in [0.1, 0.15) is 36.8 Å². The number of halogens is 1. The standard InChI is InChI=1S/C24H22BrN3O/c1-24(19-7-8-19,20-9-11-21(25)12-10-20)23-27-22(16-29-23)18-13-26-28(15-18)14-17-5-3-2-4-6-17/h2-6,9-13,15-16,19H,7-8,14H2,1H3. The highest BCUT2D eigenvalue weighted by Crippen LogP contribution is 2.51. The van der Waals surface area contributed by atoms with E-state index in [1.165, 1.54) is 24.0 Å². The summed E-state index contributed by atoms with van der Waals surface area (Å²) in [7, 11) is 0. The van der Waals surface area contributed by atoms with Gasteiger partial charge in [-0.05, 0) is 48.9 Å². The van der Waals surface area contributed by atoms with Gasteiger partial charge in [0.15, 0.2) is 0 Å². The van der Waals surface area contributed by atoms with Crippen LogP contribution in [0.25, 0.3) is 11.3 Å². The van der Waals surface area contributed by atoms with Crippen LogP contribution in [-0.2, 0) is 12.0 Å². The molecule has 0 spiro atoms. The minimum atomic E-state index is -0.209. The lowest BCUT2D eigenvalue weighted by Crippen LogP contribution is -2.26. The molecule has 2 aromatic heterocycles. The summed E-state index contributed by atoms with van der Waals surface area (Å²) in [6.07, 6.45) is 8.07. The van der Waals surface area contributed by atoms with Crippen molar-refractivity contribution in [3.05, 3.63) is 94.7 Å². The molecule has 1 fully saturated rings. The van der Waals surface area contributed by atoms with Crippen molar-refractivity contribution in [1.82, 2.24) is 14.8 Å². The maximum atomic E-state index is 6.04. The molecule has 1 atom stereocenters. The van der Waals surface area contributed by atoms with Gasteiger partial charge in [0, 0.05) is 16.2 Å². The highest BCUT2D eigenvalue weighted by atomic mass is 79.9. The number of hydrogen-bond acceptors (Lipinski definition) is 3. The van der Waals surface area contributed by atoms with E-state index in [0.717, 1.165) is 28.2 Å². The maximum Gasteiger partial charge on any atom is 0.205 e. The lowest BCUT2D eigenvalue weighted by molar-refractivity contribution is 0.357. The Kier molecular flexibility index (Phi) is 4.63. The SMILES string of the molecule is CC(c1ccc(Br)cc1)(c1nc(-c2cnn(Cc3ccccc3)c2)co1)C1CC1. The molecule has 1 aliphatic carbocycles. The molecule has 0 N–H and O–H groups in total. The summed E-state index contributed by atoms with van der Waals surface area (Å²) in [5, 5.41) is 4.50. The van der Waals surface area contributed by atoms with E-state index in [4.69, 9.17) is 9.40 Å². The smallest absolute Gasteiger partial charge is 0.205 e. The van der Waals surface area contributed by atoms with E-state index in [0.29, 0.717) is 5.92 Å². The number of aromatic nitrogens is 3. The molecule has 2 aromatic carbocycles. The fourth-order valence-electron chi connectivity index (χ4n) is 3.99. The Bertz CT molecular complexity index is 1110. The van der Waals surface area contributed by atoms with Gasteiger partial charge in [-0.1, -0.05) is 58.4 Å². The third-order valence-electron chi connectivity index (χ3n) is 5.90. The third-order valence-corrected chi connectivity index (χ3v) is 6.43. The molecular weight excluding hydrogens is 426 g/mol. The van der Waals surface area contributed by atoms with Crippen LogP contribution < -0.4 is 0 Å². The average molecular weight is 448 g/mol. The second-order valence-electron chi connectivity index (χ2n) is 7.93. The molecule has 4 aromatic rings. The van der Waals surface area contributed by atoms with Crippen LogP contribution in [-0.4, -0.2) is 14.8 Å². The lowest BCUT2D eigenvalue weighted by atomic mass is 9.77. The maximum absolute atomic E-state index is 6.04. The van der Waals surface area contributed by atoms with Crippen molar-refractivity contribution in [2.24, 2.45) is 5.92 Å². The molecule has 0 radical (unpaired) electrons. The Balaban J connectivity index is 1.43. The van der Waals surface area contributed by atoms with Gasteiger partial charge >= 0.3 is 0 Å². The van der Waals surface area contributed by atoms with E-state index in [9.17, 15) is 0 Å². The molecule has 0 amide bonds. The first kappa shape index (κ1) is 18.4. The largest absolute Gasteiger partial charge is 0.447 e. The first-order valence-corrected chi connectivity index (χ1v) is 10.7. The molecule has 5 heteroatoms. The Morgan fingerprint density at radius 3 is 2.59 bits per heavy atom. The Hall–Kier alpha value is -2.66. The molecule has 5 rings (SSSR count). The van der Waals surface area contributed by atoms with Crippen LogP contribution in [0.3, 0.4) is 0 Å². The van der Waals surface area contributed by atoms with Crippen LogP contribution in [0.2, 0.25) is 0 Å². The minimum absolute atomic E-state index is 0.209. The van der Waals surface area contributed by atoms with E-state index < -0.39 is 0 Å². The number of hydrogen-bond donors (Lipinski definition) is 0. The quantitative estimate of drug-likeness (QED) is 0.360. The van der Waals surface area contributed by atoms with E-state index in [1.54, 1.807) is 6.26 Å². The van der Waals surface area contributed by atoms with Crippen molar-refractivity contribution >= 4 is 15.9 Å². The third kappa shape index (κ3) is 3.55. The first-order valence-electron chi connectivity index (χ1n) is 9.92. The molecule has 0 saturated heterocycles. The highest BCUT2D eigenvalue weighted by molar-refractivity contribution is 9.10. The summed E-state index contributed by atoms with van der Waals surface area (Å²) in [5.74, 6) is 1.35. The van der Waals surface area contributed by atoms with E-state index in [2.05, 4.69) is 64.4 Å². The van der Waals surface area contributed by atoms with Gasteiger partial charge in [-0.2, -0.15) is 5.10 Å². The van der Waals surface area contributed by atoms with E-state index in [-0.39, 0.29) is 5.41 Å². The molecule has 146 valence electrons. The highest BCUT2D eigenvalue weighted by Gasteiger charge is 2.47. The van der Waals surface area contributed by atoms with Crippen LogP contribution >= 0.6 is 15.9 Å². The van der Waals surface area contributed by atoms with Gasteiger partial charge in [-0.3, -0.25) is 4.68 Å². The second-order valence-corrected chi connectivity index (χ2v) is 8.85. The Morgan fingerprint density at radius 1 is 1.10 bits per heavy atom. The van der Waals surface area contributed by atoms with Gasteiger partial charge in [0.1, 0.15) is 12.0 Å². The van der Waals surface area contributed by atoms with Gasteiger partial charge in [0.2, 0.25) is 5.89 Å². The summed E-state index contributed by atoms with van der Waals surface area (Å²) >= 11 is 3.53. The van der Waals surface area contributed by atoms with E-state index in [1.807, 2.05) is 35.3 Å². The van der Waals surface area contributed by atoms with Gasteiger partial charge in [-0.25, -0.2) is 4.98 Å². The van der Waals surface area contributed by atoms with Crippen molar-refractivity contribution in [2.45, 2.75) is 31.7 Å². The number of rotatable bonds is 6. The zero-order valence-electron chi connectivity index (χ0n) is 16.3. The van der Waals surface area contributed by atoms with Gasteiger partial charge in [-0.15, -0.1) is 0 Å². The molecule has 0 bridgehead atoms. The van der Waals surface area contributed by atoms with Crippen molar-refractivity contribution in [1.29, 1.82) is 0 Å². The molecule has 29 heavy (non-hydrogen) atoms.